The molecule has 0 amide bonds. The van der Waals surface area contributed by atoms with Crippen molar-refractivity contribution in [1.29, 1.82) is 5.26 Å². The summed E-state index contributed by atoms with van der Waals surface area (Å²) in [5.74, 6) is 2.62. The van der Waals surface area contributed by atoms with Crippen molar-refractivity contribution in [3.05, 3.63) is 53.1 Å². The highest BCUT2D eigenvalue weighted by atomic mass is 32.2. The second kappa shape index (κ2) is 8.16. The summed E-state index contributed by atoms with van der Waals surface area (Å²) in [7, 11) is 4.73. The zero-order chi connectivity index (χ0) is 22.1. The summed E-state index contributed by atoms with van der Waals surface area (Å²) < 4.78 is 22.3. The third-order valence-corrected chi connectivity index (χ3v) is 6.19. The number of ether oxygens (including phenoxy) is 4. The molecule has 0 fully saturated rings. The molecule has 1 unspecified atom stereocenters. The third-order valence-electron chi connectivity index (χ3n) is 4.94. The topological polar surface area (TPSA) is 126 Å². The Hall–Kier alpha value is -3.77. The van der Waals surface area contributed by atoms with Gasteiger partial charge in [-0.15, -0.1) is 11.8 Å². The number of anilines is 2. The van der Waals surface area contributed by atoms with Gasteiger partial charge in [0, 0.05) is 16.5 Å². The molecule has 1 aromatic heterocycles. The van der Waals surface area contributed by atoms with Gasteiger partial charge in [-0.05, 0) is 24.3 Å². The van der Waals surface area contributed by atoms with Crippen molar-refractivity contribution < 1.29 is 18.9 Å². The van der Waals surface area contributed by atoms with Gasteiger partial charge in [0.1, 0.15) is 28.9 Å². The van der Waals surface area contributed by atoms with Gasteiger partial charge in [-0.3, -0.25) is 0 Å². The van der Waals surface area contributed by atoms with Crippen LogP contribution in [-0.2, 0) is 0 Å². The molecule has 9 heteroatoms. The first-order chi connectivity index (χ1) is 15.0. The van der Waals surface area contributed by atoms with Crippen LogP contribution in [0.2, 0.25) is 0 Å². The number of nitriles is 1. The van der Waals surface area contributed by atoms with Crippen LogP contribution in [0.15, 0.2) is 41.3 Å². The molecule has 3 aromatic rings. The van der Waals surface area contributed by atoms with Crippen LogP contribution in [0.4, 0.5) is 11.5 Å². The van der Waals surface area contributed by atoms with Crippen molar-refractivity contribution in [2.45, 2.75) is 10.1 Å². The lowest BCUT2D eigenvalue weighted by Gasteiger charge is -2.29. The molecule has 0 radical (unpaired) electrons. The van der Waals surface area contributed by atoms with Crippen molar-refractivity contribution in [2.75, 3.05) is 32.8 Å². The molecule has 0 spiro atoms. The molecule has 2 heterocycles. The predicted molar refractivity (Wildman–Crippen MR) is 118 cm³/mol. The predicted octanol–water partition coefficient (Wildman–Crippen LogP) is 4.13. The molecule has 1 aliphatic rings. The Balaban J connectivity index is 1.94. The average Bonchev–Trinajstić information content (AvgIpc) is 2.78. The fourth-order valence-electron chi connectivity index (χ4n) is 3.42. The summed E-state index contributed by atoms with van der Waals surface area (Å²) in [4.78, 5) is 5.25. The maximum atomic E-state index is 9.54. The van der Waals surface area contributed by atoms with Crippen LogP contribution < -0.4 is 30.4 Å². The number of hydrogen-bond donors (Lipinski definition) is 2. The van der Waals surface area contributed by atoms with Gasteiger partial charge in [0.2, 0.25) is 5.88 Å². The molecule has 4 rings (SSSR count). The maximum Gasteiger partial charge on any atom is 0.228 e. The highest BCUT2D eigenvalue weighted by molar-refractivity contribution is 7.99. The van der Waals surface area contributed by atoms with Crippen molar-refractivity contribution in [3.63, 3.8) is 0 Å². The van der Waals surface area contributed by atoms with Gasteiger partial charge in [0.05, 0.1) is 37.8 Å². The Morgan fingerprint density at radius 3 is 2.48 bits per heavy atom. The van der Waals surface area contributed by atoms with E-state index in [9.17, 15) is 5.26 Å². The smallest absolute Gasteiger partial charge is 0.228 e. The van der Waals surface area contributed by atoms with Gasteiger partial charge in [0.15, 0.2) is 11.5 Å². The van der Waals surface area contributed by atoms with Crippen LogP contribution in [0.25, 0.3) is 0 Å². The fraction of sp³-hybridized carbons (Fsp3) is 0.182. The quantitative estimate of drug-likeness (QED) is 0.607. The molecular weight excluding hydrogens is 416 g/mol. The Bertz CT molecular complexity index is 1210. The molecule has 1 atom stereocenters. The number of fused-ring (bicyclic) bond motifs is 2. The van der Waals surface area contributed by atoms with E-state index in [1.165, 1.54) is 11.8 Å². The highest BCUT2D eigenvalue weighted by Crippen LogP contribution is 2.56. The molecule has 0 saturated heterocycles. The van der Waals surface area contributed by atoms with E-state index in [1.54, 1.807) is 27.4 Å². The molecule has 0 bridgehead atoms. The molecule has 0 aliphatic carbocycles. The van der Waals surface area contributed by atoms with Crippen molar-refractivity contribution in [1.82, 2.24) is 4.98 Å². The largest absolute Gasteiger partial charge is 0.497 e. The monoisotopic (exact) mass is 436 g/mol. The number of nitrogens with two attached hydrogens (primary N) is 2. The minimum absolute atomic E-state index is 0.0211. The second-order valence-electron chi connectivity index (χ2n) is 6.64. The minimum Gasteiger partial charge on any atom is -0.497 e. The van der Waals surface area contributed by atoms with Gasteiger partial charge in [-0.1, -0.05) is 6.07 Å². The summed E-state index contributed by atoms with van der Waals surface area (Å²) >= 11 is 1.52. The number of rotatable bonds is 5. The minimum atomic E-state index is -0.342. The van der Waals surface area contributed by atoms with Gasteiger partial charge < -0.3 is 30.4 Å². The summed E-state index contributed by atoms with van der Waals surface area (Å²) in [6.07, 6.45) is 0. The van der Waals surface area contributed by atoms with Crippen LogP contribution in [0, 0.1) is 11.3 Å². The molecule has 1 aliphatic heterocycles. The number of benzene rings is 2. The first kappa shape index (κ1) is 20.5. The van der Waals surface area contributed by atoms with E-state index in [0.29, 0.717) is 22.8 Å². The zero-order valence-electron chi connectivity index (χ0n) is 17.1. The van der Waals surface area contributed by atoms with E-state index in [1.807, 2.05) is 36.4 Å². The zero-order valence-corrected chi connectivity index (χ0v) is 17.9. The first-order valence-electron chi connectivity index (χ1n) is 9.24. The Morgan fingerprint density at radius 2 is 1.81 bits per heavy atom. The maximum absolute atomic E-state index is 9.54. The number of methoxy groups -OCH3 is 3. The van der Waals surface area contributed by atoms with E-state index >= 15 is 0 Å². The van der Waals surface area contributed by atoms with Crippen LogP contribution >= 0.6 is 11.8 Å². The molecule has 31 heavy (non-hydrogen) atoms. The summed E-state index contributed by atoms with van der Waals surface area (Å²) in [6, 6.07) is 13.3. The summed E-state index contributed by atoms with van der Waals surface area (Å²) in [6.45, 7) is 0. The van der Waals surface area contributed by atoms with Crippen molar-refractivity contribution >= 4 is 23.3 Å². The first-order valence-corrected chi connectivity index (χ1v) is 10.1. The van der Waals surface area contributed by atoms with Gasteiger partial charge in [-0.25, -0.2) is 0 Å². The lowest BCUT2D eigenvalue weighted by molar-refractivity contribution is 0.349. The number of aromatic nitrogens is 1. The van der Waals surface area contributed by atoms with Crippen molar-refractivity contribution in [2.24, 2.45) is 0 Å². The number of nitrogen functional groups attached to an aromatic ring is 2. The number of pyridine rings is 1. The van der Waals surface area contributed by atoms with E-state index in [-0.39, 0.29) is 28.2 Å². The fourth-order valence-corrected chi connectivity index (χ4v) is 4.69. The van der Waals surface area contributed by atoms with E-state index < -0.39 is 0 Å². The second-order valence-corrected chi connectivity index (χ2v) is 7.82. The summed E-state index contributed by atoms with van der Waals surface area (Å²) in [5, 5.41) is 9.20. The highest BCUT2D eigenvalue weighted by Gasteiger charge is 2.35. The van der Waals surface area contributed by atoms with E-state index in [2.05, 4.69) is 4.98 Å². The molecule has 4 N–H and O–H groups in total. The van der Waals surface area contributed by atoms with Crippen LogP contribution in [-0.4, -0.2) is 26.3 Å². The van der Waals surface area contributed by atoms with E-state index in [4.69, 9.17) is 30.4 Å². The van der Waals surface area contributed by atoms with Gasteiger partial charge in [0.25, 0.3) is 0 Å². The molecule has 8 nitrogen and oxygen atoms in total. The number of nitrogens with zero attached hydrogens (tertiary/aromatic N) is 2. The number of thioether (sulfide) groups is 1. The van der Waals surface area contributed by atoms with Crippen LogP contribution in [0.3, 0.4) is 0 Å². The Labute approximate surface area is 183 Å². The van der Waals surface area contributed by atoms with Crippen LogP contribution in [0.5, 0.6) is 28.9 Å². The lowest BCUT2D eigenvalue weighted by Crippen LogP contribution is -2.15. The van der Waals surface area contributed by atoms with E-state index in [0.717, 1.165) is 16.2 Å². The Morgan fingerprint density at radius 1 is 1.06 bits per heavy atom. The Kier molecular flexibility index (Phi) is 5.40. The number of hydrogen-bond acceptors (Lipinski definition) is 9. The standard InChI is InChI=1S/C22H20N4O4S/c1-27-11-5-4-6-12(7-11)31-20-13-8-16(28-2)17(29-3)9-15(13)30-22-18(20)19(24)14(10-23)21(25)26-22/h4-9,20H,1-3H3,(H4,24,25,26). The van der Waals surface area contributed by atoms with Crippen LogP contribution in [0.1, 0.15) is 21.9 Å². The molecular formula is C22H20N4O4S. The van der Waals surface area contributed by atoms with Gasteiger partial charge >= 0.3 is 0 Å². The van der Waals surface area contributed by atoms with Gasteiger partial charge in [-0.2, -0.15) is 10.2 Å². The SMILES string of the molecule is COc1cccc(SC2c3cc(OC)c(OC)cc3Oc3nc(N)c(C#N)c(N)c32)c1. The lowest BCUT2D eigenvalue weighted by atomic mass is 9.98. The summed E-state index contributed by atoms with van der Waals surface area (Å²) in [5.41, 5.74) is 14.1. The molecule has 158 valence electrons. The van der Waals surface area contributed by atoms with Crippen molar-refractivity contribution in [3.8, 4) is 34.9 Å². The normalized spacial score (nSPS) is 13.9. The molecule has 2 aromatic carbocycles. The third kappa shape index (κ3) is 3.51. The molecule has 0 saturated carbocycles. The average molecular weight is 436 g/mol.